The van der Waals surface area contributed by atoms with E-state index in [0.717, 1.165) is 6.54 Å². The van der Waals surface area contributed by atoms with Gasteiger partial charge in [-0.25, -0.2) is 0 Å². The third-order valence-corrected chi connectivity index (χ3v) is 1.99. The molecule has 2 atom stereocenters. The summed E-state index contributed by atoms with van der Waals surface area (Å²) in [6, 6.07) is 0. The van der Waals surface area contributed by atoms with Gasteiger partial charge in [0.2, 0.25) is 5.91 Å². The minimum atomic E-state index is 0.219. The molecular weight excluding hydrogens is 126 g/mol. The molecule has 0 saturated carbocycles. The first-order chi connectivity index (χ1) is 4.68. The maximum atomic E-state index is 10.9. The Labute approximate surface area is 62.0 Å². The molecule has 0 spiro atoms. The summed E-state index contributed by atoms with van der Waals surface area (Å²) in [4.78, 5) is 10.9. The number of carbonyl (C=O) groups excluding carboxylic acids is 1. The molecule has 0 unspecified atom stereocenters. The summed E-state index contributed by atoms with van der Waals surface area (Å²) in [5.41, 5.74) is 0. The van der Waals surface area contributed by atoms with E-state index in [9.17, 15) is 4.79 Å². The van der Waals surface area contributed by atoms with Crippen LogP contribution >= 0.6 is 0 Å². The standard InChI is InChI=1S/C8H15NO/c1-6-3-7(2)5-9-8(10)4-6/h6-7H,3-5H2,1-2H3,(H,9,10)/t6-,7+/m0/s1. The Morgan fingerprint density at radius 1 is 1.40 bits per heavy atom. The molecule has 1 aliphatic heterocycles. The minimum Gasteiger partial charge on any atom is -0.356 e. The van der Waals surface area contributed by atoms with Crippen LogP contribution in [0.3, 0.4) is 0 Å². The predicted molar refractivity (Wildman–Crippen MR) is 40.6 cm³/mol. The van der Waals surface area contributed by atoms with Crippen molar-refractivity contribution < 1.29 is 4.79 Å². The lowest BCUT2D eigenvalue weighted by molar-refractivity contribution is -0.121. The van der Waals surface area contributed by atoms with Crippen molar-refractivity contribution in [3.8, 4) is 0 Å². The molecule has 1 N–H and O–H groups in total. The van der Waals surface area contributed by atoms with Gasteiger partial charge in [-0.1, -0.05) is 13.8 Å². The number of rotatable bonds is 0. The van der Waals surface area contributed by atoms with Gasteiger partial charge in [0, 0.05) is 13.0 Å². The van der Waals surface area contributed by atoms with Gasteiger partial charge in [0.25, 0.3) is 0 Å². The Balaban J connectivity index is 2.46. The molecule has 2 nitrogen and oxygen atoms in total. The second-order valence-corrected chi connectivity index (χ2v) is 3.45. The first kappa shape index (κ1) is 7.58. The number of nitrogens with one attached hydrogen (secondary N) is 1. The topological polar surface area (TPSA) is 29.1 Å². The Bertz CT molecular complexity index is 133. The van der Waals surface area contributed by atoms with Crippen LogP contribution in [0.15, 0.2) is 0 Å². The van der Waals surface area contributed by atoms with Crippen LogP contribution in [0.5, 0.6) is 0 Å². The lowest BCUT2D eigenvalue weighted by Gasteiger charge is -2.08. The molecular formula is C8H15NO. The fraction of sp³-hybridized carbons (Fsp3) is 0.875. The highest BCUT2D eigenvalue weighted by atomic mass is 16.1. The summed E-state index contributed by atoms with van der Waals surface area (Å²) in [5.74, 6) is 1.44. The van der Waals surface area contributed by atoms with E-state index in [1.54, 1.807) is 0 Å². The van der Waals surface area contributed by atoms with Gasteiger partial charge in [0.1, 0.15) is 0 Å². The maximum absolute atomic E-state index is 10.9. The zero-order valence-electron chi connectivity index (χ0n) is 6.68. The Hall–Kier alpha value is -0.530. The molecule has 0 radical (unpaired) electrons. The fourth-order valence-electron chi connectivity index (χ4n) is 1.53. The lowest BCUT2D eigenvalue weighted by atomic mass is 9.97. The molecule has 0 bridgehead atoms. The minimum absolute atomic E-state index is 0.219. The van der Waals surface area contributed by atoms with Crippen LogP contribution in [0.4, 0.5) is 0 Å². The second kappa shape index (κ2) is 3.04. The van der Waals surface area contributed by atoms with E-state index >= 15 is 0 Å². The average Bonchev–Trinajstić information content (AvgIpc) is 1.93. The highest BCUT2D eigenvalue weighted by molar-refractivity contribution is 5.76. The first-order valence-corrected chi connectivity index (χ1v) is 3.95. The first-order valence-electron chi connectivity index (χ1n) is 3.95. The maximum Gasteiger partial charge on any atom is 0.220 e. The van der Waals surface area contributed by atoms with Crippen LogP contribution < -0.4 is 5.32 Å². The molecule has 1 amide bonds. The van der Waals surface area contributed by atoms with Gasteiger partial charge in [-0.05, 0) is 18.3 Å². The van der Waals surface area contributed by atoms with E-state index in [1.165, 1.54) is 6.42 Å². The summed E-state index contributed by atoms with van der Waals surface area (Å²) >= 11 is 0. The largest absolute Gasteiger partial charge is 0.356 e. The second-order valence-electron chi connectivity index (χ2n) is 3.45. The molecule has 0 aliphatic carbocycles. The highest BCUT2D eigenvalue weighted by Gasteiger charge is 2.17. The van der Waals surface area contributed by atoms with Crippen LogP contribution in [0.25, 0.3) is 0 Å². The van der Waals surface area contributed by atoms with Gasteiger partial charge in [0.15, 0.2) is 0 Å². The molecule has 10 heavy (non-hydrogen) atoms. The number of hydrogen-bond acceptors (Lipinski definition) is 1. The van der Waals surface area contributed by atoms with Crippen molar-refractivity contribution in [2.24, 2.45) is 11.8 Å². The molecule has 1 aliphatic rings. The van der Waals surface area contributed by atoms with E-state index in [1.807, 2.05) is 0 Å². The summed E-state index contributed by atoms with van der Waals surface area (Å²) in [5, 5.41) is 2.89. The lowest BCUT2D eigenvalue weighted by Crippen LogP contribution is -2.24. The fourth-order valence-corrected chi connectivity index (χ4v) is 1.53. The zero-order valence-corrected chi connectivity index (χ0v) is 6.68. The van der Waals surface area contributed by atoms with Crippen LogP contribution in [-0.4, -0.2) is 12.5 Å². The zero-order chi connectivity index (χ0) is 7.56. The Morgan fingerprint density at radius 2 is 2.10 bits per heavy atom. The van der Waals surface area contributed by atoms with E-state index in [-0.39, 0.29) is 5.91 Å². The SMILES string of the molecule is C[C@@H]1CC(=O)NC[C@H](C)C1. The summed E-state index contributed by atoms with van der Waals surface area (Å²) in [6.45, 7) is 5.19. The number of carbonyl (C=O) groups is 1. The Morgan fingerprint density at radius 3 is 2.80 bits per heavy atom. The third-order valence-electron chi connectivity index (χ3n) is 1.99. The molecule has 0 aromatic heterocycles. The molecule has 0 aromatic carbocycles. The molecule has 0 aromatic rings. The average molecular weight is 141 g/mol. The van der Waals surface area contributed by atoms with Crippen LogP contribution in [-0.2, 0) is 4.79 Å². The van der Waals surface area contributed by atoms with E-state index in [0.29, 0.717) is 18.3 Å². The van der Waals surface area contributed by atoms with Gasteiger partial charge < -0.3 is 5.32 Å². The summed E-state index contributed by atoms with van der Waals surface area (Å²) < 4.78 is 0. The van der Waals surface area contributed by atoms with Crippen molar-refractivity contribution in [1.82, 2.24) is 5.32 Å². The van der Waals surface area contributed by atoms with Crippen molar-refractivity contribution in [1.29, 1.82) is 0 Å². The van der Waals surface area contributed by atoms with Gasteiger partial charge in [-0.3, -0.25) is 4.79 Å². The van der Waals surface area contributed by atoms with Crippen LogP contribution in [0.1, 0.15) is 26.7 Å². The summed E-state index contributed by atoms with van der Waals surface area (Å²) in [7, 11) is 0. The van der Waals surface area contributed by atoms with E-state index in [2.05, 4.69) is 19.2 Å². The van der Waals surface area contributed by atoms with Gasteiger partial charge >= 0.3 is 0 Å². The van der Waals surface area contributed by atoms with Gasteiger partial charge in [-0.15, -0.1) is 0 Å². The van der Waals surface area contributed by atoms with Crippen molar-refractivity contribution >= 4 is 5.91 Å². The van der Waals surface area contributed by atoms with Gasteiger partial charge in [-0.2, -0.15) is 0 Å². The van der Waals surface area contributed by atoms with Gasteiger partial charge in [0.05, 0.1) is 0 Å². The van der Waals surface area contributed by atoms with Crippen molar-refractivity contribution in [3.63, 3.8) is 0 Å². The number of amides is 1. The quantitative estimate of drug-likeness (QED) is 0.539. The normalized spacial score (nSPS) is 34.8. The third kappa shape index (κ3) is 2.01. The molecule has 1 fully saturated rings. The smallest absolute Gasteiger partial charge is 0.220 e. The molecule has 58 valence electrons. The molecule has 1 rings (SSSR count). The van der Waals surface area contributed by atoms with E-state index in [4.69, 9.17) is 0 Å². The highest BCUT2D eigenvalue weighted by Crippen LogP contribution is 2.17. The Kier molecular flexibility index (Phi) is 2.30. The van der Waals surface area contributed by atoms with Crippen molar-refractivity contribution in [2.45, 2.75) is 26.7 Å². The predicted octanol–water partition coefficient (Wildman–Crippen LogP) is 1.17. The summed E-state index contributed by atoms with van der Waals surface area (Å²) in [6.07, 6.45) is 1.89. The van der Waals surface area contributed by atoms with Crippen LogP contribution in [0, 0.1) is 11.8 Å². The molecule has 2 heteroatoms. The van der Waals surface area contributed by atoms with Crippen molar-refractivity contribution in [3.05, 3.63) is 0 Å². The monoisotopic (exact) mass is 141 g/mol. The number of hydrogen-bond donors (Lipinski definition) is 1. The molecule has 1 heterocycles. The molecule has 1 saturated heterocycles. The van der Waals surface area contributed by atoms with Crippen LogP contribution in [0.2, 0.25) is 0 Å². The van der Waals surface area contributed by atoms with Crippen molar-refractivity contribution in [2.75, 3.05) is 6.54 Å². The van der Waals surface area contributed by atoms with E-state index < -0.39 is 0 Å².